The van der Waals surface area contributed by atoms with Gasteiger partial charge in [0.25, 0.3) is 0 Å². The standard InChI is InChI=1S/C9H11BrN2O2/c10-8-5-9(12-6-11-8)14-7-1-3-13-4-2-7/h5-7H,1-4H2. The largest absolute Gasteiger partial charge is 0.474 e. The molecule has 1 aromatic rings. The highest BCUT2D eigenvalue weighted by Crippen LogP contribution is 2.17. The summed E-state index contributed by atoms with van der Waals surface area (Å²) >= 11 is 3.27. The van der Waals surface area contributed by atoms with Crippen molar-refractivity contribution in [2.24, 2.45) is 0 Å². The molecule has 4 nitrogen and oxygen atoms in total. The zero-order chi connectivity index (χ0) is 9.80. The van der Waals surface area contributed by atoms with Gasteiger partial charge < -0.3 is 9.47 Å². The van der Waals surface area contributed by atoms with E-state index in [-0.39, 0.29) is 6.10 Å². The minimum atomic E-state index is 0.227. The van der Waals surface area contributed by atoms with Crippen molar-refractivity contribution in [3.8, 4) is 5.88 Å². The molecule has 1 saturated heterocycles. The summed E-state index contributed by atoms with van der Waals surface area (Å²) < 4.78 is 11.7. The van der Waals surface area contributed by atoms with Crippen LogP contribution >= 0.6 is 15.9 Å². The van der Waals surface area contributed by atoms with E-state index in [0.717, 1.165) is 30.7 Å². The minimum Gasteiger partial charge on any atom is -0.474 e. The lowest BCUT2D eigenvalue weighted by Gasteiger charge is -2.22. The Balaban J connectivity index is 1.95. The lowest BCUT2D eigenvalue weighted by molar-refractivity contribution is 0.0236. The average molecular weight is 259 g/mol. The first-order valence-corrected chi connectivity index (χ1v) is 5.36. The van der Waals surface area contributed by atoms with Crippen LogP contribution in [0, 0.1) is 0 Å². The number of nitrogens with zero attached hydrogens (tertiary/aromatic N) is 2. The van der Waals surface area contributed by atoms with Gasteiger partial charge in [-0.2, -0.15) is 0 Å². The average Bonchev–Trinajstić information content (AvgIpc) is 2.19. The predicted octanol–water partition coefficient (Wildman–Crippen LogP) is 1.80. The van der Waals surface area contributed by atoms with E-state index in [0.29, 0.717) is 5.88 Å². The van der Waals surface area contributed by atoms with Gasteiger partial charge in [0.2, 0.25) is 5.88 Å². The van der Waals surface area contributed by atoms with E-state index in [1.807, 2.05) is 0 Å². The van der Waals surface area contributed by atoms with Crippen molar-refractivity contribution in [1.82, 2.24) is 9.97 Å². The van der Waals surface area contributed by atoms with Crippen LogP contribution in [-0.4, -0.2) is 29.3 Å². The Hall–Kier alpha value is -0.680. The summed E-state index contributed by atoms with van der Waals surface area (Å²) in [4.78, 5) is 7.96. The third kappa shape index (κ3) is 2.65. The first kappa shape index (κ1) is 9.86. The Morgan fingerprint density at radius 1 is 1.36 bits per heavy atom. The van der Waals surface area contributed by atoms with Crippen LogP contribution < -0.4 is 4.74 Å². The van der Waals surface area contributed by atoms with Gasteiger partial charge in [0.15, 0.2) is 0 Å². The summed E-state index contributed by atoms with van der Waals surface area (Å²) in [6.45, 7) is 1.55. The molecule has 1 aliphatic heterocycles. The van der Waals surface area contributed by atoms with Gasteiger partial charge in [0, 0.05) is 18.9 Å². The maximum Gasteiger partial charge on any atom is 0.217 e. The van der Waals surface area contributed by atoms with Crippen molar-refractivity contribution in [1.29, 1.82) is 0 Å². The predicted molar refractivity (Wildman–Crippen MR) is 54.2 cm³/mol. The van der Waals surface area contributed by atoms with Crippen LogP contribution in [0.4, 0.5) is 0 Å². The van der Waals surface area contributed by atoms with E-state index in [1.165, 1.54) is 6.33 Å². The SMILES string of the molecule is Brc1cc(OC2CCOCC2)ncn1. The molecule has 2 rings (SSSR count). The van der Waals surface area contributed by atoms with E-state index in [1.54, 1.807) is 6.07 Å². The second-order valence-electron chi connectivity index (χ2n) is 3.11. The van der Waals surface area contributed by atoms with Crippen molar-refractivity contribution < 1.29 is 9.47 Å². The van der Waals surface area contributed by atoms with Gasteiger partial charge in [-0.05, 0) is 15.9 Å². The molecule has 0 spiro atoms. The molecule has 0 bridgehead atoms. The van der Waals surface area contributed by atoms with Gasteiger partial charge in [-0.25, -0.2) is 9.97 Å². The molecule has 1 aliphatic rings. The minimum absolute atomic E-state index is 0.227. The second kappa shape index (κ2) is 4.70. The molecule has 0 amide bonds. The molecule has 5 heteroatoms. The smallest absolute Gasteiger partial charge is 0.217 e. The van der Waals surface area contributed by atoms with Crippen LogP contribution in [0.1, 0.15) is 12.8 Å². The summed E-state index contributed by atoms with van der Waals surface area (Å²) in [5.74, 6) is 0.624. The molecule has 1 fully saturated rings. The number of rotatable bonds is 2. The highest BCUT2D eigenvalue weighted by atomic mass is 79.9. The first-order valence-electron chi connectivity index (χ1n) is 4.56. The summed E-state index contributed by atoms with van der Waals surface area (Å²) in [5.41, 5.74) is 0. The lowest BCUT2D eigenvalue weighted by Crippen LogP contribution is -2.26. The number of halogens is 1. The van der Waals surface area contributed by atoms with Crippen LogP contribution in [0.3, 0.4) is 0 Å². The Kier molecular flexibility index (Phi) is 3.31. The fourth-order valence-electron chi connectivity index (χ4n) is 1.35. The number of aromatic nitrogens is 2. The van der Waals surface area contributed by atoms with Crippen molar-refractivity contribution in [3.05, 3.63) is 17.0 Å². The van der Waals surface area contributed by atoms with Crippen LogP contribution in [0.15, 0.2) is 17.0 Å². The van der Waals surface area contributed by atoms with E-state index in [2.05, 4.69) is 25.9 Å². The maximum atomic E-state index is 5.68. The maximum absolute atomic E-state index is 5.68. The molecular weight excluding hydrogens is 248 g/mol. The summed E-state index contributed by atoms with van der Waals surface area (Å²) in [7, 11) is 0. The Bertz CT molecular complexity index is 303. The Morgan fingerprint density at radius 3 is 2.86 bits per heavy atom. The van der Waals surface area contributed by atoms with Crippen molar-refractivity contribution in [2.45, 2.75) is 18.9 Å². The molecule has 0 unspecified atom stereocenters. The topological polar surface area (TPSA) is 44.2 Å². The fourth-order valence-corrected chi connectivity index (χ4v) is 1.63. The quantitative estimate of drug-likeness (QED) is 0.759. The van der Waals surface area contributed by atoms with E-state index >= 15 is 0 Å². The Morgan fingerprint density at radius 2 is 2.14 bits per heavy atom. The molecule has 76 valence electrons. The van der Waals surface area contributed by atoms with E-state index < -0.39 is 0 Å². The molecule has 0 saturated carbocycles. The van der Waals surface area contributed by atoms with Crippen molar-refractivity contribution >= 4 is 15.9 Å². The van der Waals surface area contributed by atoms with Crippen LogP contribution in [0.2, 0.25) is 0 Å². The van der Waals surface area contributed by atoms with E-state index in [9.17, 15) is 0 Å². The van der Waals surface area contributed by atoms with E-state index in [4.69, 9.17) is 9.47 Å². The number of ether oxygens (including phenoxy) is 2. The number of hydrogen-bond acceptors (Lipinski definition) is 4. The second-order valence-corrected chi connectivity index (χ2v) is 3.92. The van der Waals surface area contributed by atoms with Gasteiger partial charge in [0.05, 0.1) is 13.2 Å². The molecule has 0 N–H and O–H groups in total. The Labute approximate surface area is 90.8 Å². The summed E-state index contributed by atoms with van der Waals surface area (Å²) in [5, 5.41) is 0. The third-order valence-electron chi connectivity index (χ3n) is 2.06. The van der Waals surface area contributed by atoms with Crippen LogP contribution in [-0.2, 0) is 4.74 Å². The third-order valence-corrected chi connectivity index (χ3v) is 2.50. The van der Waals surface area contributed by atoms with Gasteiger partial charge in [-0.1, -0.05) is 0 Å². The monoisotopic (exact) mass is 258 g/mol. The zero-order valence-electron chi connectivity index (χ0n) is 7.65. The normalized spacial score (nSPS) is 18.1. The van der Waals surface area contributed by atoms with Crippen LogP contribution in [0.25, 0.3) is 0 Å². The van der Waals surface area contributed by atoms with Gasteiger partial charge >= 0.3 is 0 Å². The highest BCUT2D eigenvalue weighted by Gasteiger charge is 2.15. The molecule has 0 atom stereocenters. The van der Waals surface area contributed by atoms with Crippen molar-refractivity contribution in [3.63, 3.8) is 0 Å². The summed E-state index contributed by atoms with van der Waals surface area (Å²) in [6, 6.07) is 1.77. The number of hydrogen-bond donors (Lipinski definition) is 0. The van der Waals surface area contributed by atoms with Gasteiger partial charge in [-0.15, -0.1) is 0 Å². The van der Waals surface area contributed by atoms with Crippen LogP contribution in [0.5, 0.6) is 5.88 Å². The molecule has 0 radical (unpaired) electrons. The highest BCUT2D eigenvalue weighted by molar-refractivity contribution is 9.10. The lowest BCUT2D eigenvalue weighted by atomic mass is 10.2. The van der Waals surface area contributed by atoms with Crippen molar-refractivity contribution in [2.75, 3.05) is 13.2 Å². The summed E-state index contributed by atoms with van der Waals surface area (Å²) in [6.07, 6.45) is 3.58. The van der Waals surface area contributed by atoms with Gasteiger partial charge in [-0.3, -0.25) is 0 Å². The molecule has 2 heterocycles. The molecular formula is C9H11BrN2O2. The molecule has 0 aliphatic carbocycles. The molecule has 0 aromatic carbocycles. The first-order chi connectivity index (χ1) is 6.84. The molecule has 1 aromatic heterocycles. The fraction of sp³-hybridized carbons (Fsp3) is 0.556. The molecule has 14 heavy (non-hydrogen) atoms. The van der Waals surface area contributed by atoms with Gasteiger partial charge in [0.1, 0.15) is 17.0 Å². The zero-order valence-corrected chi connectivity index (χ0v) is 9.24.